The zero-order valence-electron chi connectivity index (χ0n) is 8.35. The summed E-state index contributed by atoms with van der Waals surface area (Å²) < 4.78 is 12.6. The Balaban J connectivity index is 3.01. The second-order valence-electron chi connectivity index (χ2n) is 2.98. The second kappa shape index (κ2) is 5.71. The van der Waals surface area contributed by atoms with Gasteiger partial charge in [0.25, 0.3) is 5.70 Å². The van der Waals surface area contributed by atoms with Crippen LogP contribution in [0.4, 0.5) is 4.39 Å². The molecule has 1 radical (unpaired) electrons. The Labute approximate surface area is 93.3 Å². The number of hydrogen-bond acceptors (Lipinski definition) is 1. The van der Waals surface area contributed by atoms with E-state index >= 15 is 0 Å². The van der Waals surface area contributed by atoms with Crippen molar-refractivity contribution in [2.24, 2.45) is 0 Å². The molecule has 0 saturated carbocycles. The smallest absolute Gasteiger partial charge is 0.333 e. The lowest BCUT2D eigenvalue weighted by Gasteiger charge is -2.03. The van der Waals surface area contributed by atoms with Crippen molar-refractivity contribution in [3.63, 3.8) is 0 Å². The number of halogens is 1. The van der Waals surface area contributed by atoms with Gasteiger partial charge in [-0.3, -0.25) is 4.79 Å². The summed E-state index contributed by atoms with van der Waals surface area (Å²) in [6.07, 6.45) is 0. The summed E-state index contributed by atoms with van der Waals surface area (Å²) in [4.78, 5) is 13.5. The molecule has 0 aliphatic carbocycles. The molecule has 3 nitrogen and oxygen atoms in total. The van der Waals surface area contributed by atoms with E-state index in [0.29, 0.717) is 5.46 Å². The van der Waals surface area contributed by atoms with Crippen LogP contribution in [0.2, 0.25) is 0 Å². The zero-order valence-corrected chi connectivity index (χ0v) is 8.35. The van der Waals surface area contributed by atoms with Crippen LogP contribution in [0, 0.1) is 6.57 Å². The standard InChI is InChI=1S/C11H8BFNO2/c1-14-10(11(15)16)9(7-13)12-8-5-3-2-4-6-8/h2-6H,7H2,(H,15,16). The molecule has 0 amide bonds. The van der Waals surface area contributed by atoms with Crippen LogP contribution in [0.1, 0.15) is 0 Å². The SMILES string of the molecule is [C-]#[N+]C(C(=O)O)=C([B]c1ccccc1)CF. The molecular weight excluding hydrogens is 208 g/mol. The van der Waals surface area contributed by atoms with E-state index in [0.717, 1.165) is 0 Å². The summed E-state index contributed by atoms with van der Waals surface area (Å²) >= 11 is 0. The third-order valence-electron chi connectivity index (χ3n) is 1.90. The van der Waals surface area contributed by atoms with Crippen LogP contribution < -0.4 is 5.46 Å². The molecule has 0 heterocycles. The fraction of sp³-hybridized carbons (Fsp3) is 0.0909. The van der Waals surface area contributed by atoms with Gasteiger partial charge in [-0.2, -0.15) is 0 Å². The average molecular weight is 216 g/mol. The summed E-state index contributed by atoms with van der Waals surface area (Å²) in [6, 6.07) is 8.71. The van der Waals surface area contributed by atoms with E-state index in [4.69, 9.17) is 11.7 Å². The van der Waals surface area contributed by atoms with Crippen molar-refractivity contribution >= 4 is 18.7 Å². The number of alkyl halides is 1. The number of benzene rings is 1. The first-order valence-electron chi connectivity index (χ1n) is 4.48. The lowest BCUT2D eigenvalue weighted by Crippen LogP contribution is -2.20. The minimum Gasteiger partial charge on any atom is -0.486 e. The Hall–Kier alpha value is -2.09. The maximum absolute atomic E-state index is 12.6. The highest BCUT2D eigenvalue weighted by molar-refractivity contribution is 6.61. The van der Waals surface area contributed by atoms with Crippen molar-refractivity contribution in [2.45, 2.75) is 0 Å². The van der Waals surface area contributed by atoms with Gasteiger partial charge in [-0.1, -0.05) is 41.3 Å². The summed E-state index contributed by atoms with van der Waals surface area (Å²) in [5, 5.41) is 8.69. The topological polar surface area (TPSA) is 41.7 Å². The molecule has 1 rings (SSSR count). The molecule has 0 fully saturated rings. The van der Waals surface area contributed by atoms with E-state index in [9.17, 15) is 9.18 Å². The van der Waals surface area contributed by atoms with Crippen LogP contribution in [-0.2, 0) is 4.79 Å². The fourth-order valence-electron chi connectivity index (χ4n) is 1.18. The number of carboxylic acid groups (broad SMARTS) is 1. The van der Waals surface area contributed by atoms with Crippen LogP contribution in [0.15, 0.2) is 41.5 Å². The molecule has 0 saturated heterocycles. The molecule has 0 spiro atoms. The summed E-state index contributed by atoms with van der Waals surface area (Å²) in [5.41, 5.74) is -0.0300. The quantitative estimate of drug-likeness (QED) is 0.466. The maximum Gasteiger partial charge on any atom is 0.333 e. The van der Waals surface area contributed by atoms with Crippen molar-refractivity contribution in [3.8, 4) is 0 Å². The molecule has 0 aliphatic rings. The third kappa shape index (κ3) is 2.96. The lowest BCUT2D eigenvalue weighted by molar-refractivity contribution is -0.132. The van der Waals surface area contributed by atoms with Crippen LogP contribution in [0.3, 0.4) is 0 Å². The van der Waals surface area contributed by atoms with Crippen molar-refractivity contribution in [1.29, 1.82) is 0 Å². The molecule has 16 heavy (non-hydrogen) atoms. The molecule has 0 atom stereocenters. The minimum atomic E-state index is -1.41. The van der Waals surface area contributed by atoms with Crippen molar-refractivity contribution in [3.05, 3.63) is 52.9 Å². The van der Waals surface area contributed by atoms with Gasteiger partial charge in [0, 0.05) is 0 Å². The molecule has 79 valence electrons. The van der Waals surface area contributed by atoms with Crippen LogP contribution in [0.25, 0.3) is 4.85 Å². The Bertz CT molecular complexity index is 451. The van der Waals surface area contributed by atoms with E-state index in [2.05, 4.69) is 4.85 Å². The van der Waals surface area contributed by atoms with Gasteiger partial charge in [0.1, 0.15) is 0 Å². The third-order valence-corrected chi connectivity index (χ3v) is 1.90. The summed E-state index contributed by atoms with van der Waals surface area (Å²) in [6.45, 7) is 5.72. The van der Waals surface area contributed by atoms with Gasteiger partial charge in [0.2, 0.25) is 0 Å². The van der Waals surface area contributed by atoms with E-state index in [1.165, 1.54) is 7.28 Å². The van der Waals surface area contributed by atoms with Crippen LogP contribution >= 0.6 is 0 Å². The molecular formula is C11H8BFNO2. The summed E-state index contributed by atoms with van der Waals surface area (Å²) in [5.74, 6) is -1.41. The Morgan fingerprint density at radius 3 is 2.50 bits per heavy atom. The first kappa shape index (κ1) is 12.0. The number of carbonyl (C=O) groups is 1. The molecule has 1 N–H and O–H groups in total. The highest BCUT2D eigenvalue weighted by Crippen LogP contribution is 2.06. The minimum absolute atomic E-state index is 0.117. The molecule has 0 aromatic heterocycles. The maximum atomic E-state index is 12.6. The van der Waals surface area contributed by atoms with Crippen molar-refractivity contribution < 1.29 is 14.3 Å². The Morgan fingerprint density at radius 2 is 2.06 bits per heavy atom. The Kier molecular flexibility index (Phi) is 4.28. The average Bonchev–Trinajstić information content (AvgIpc) is 2.29. The highest BCUT2D eigenvalue weighted by atomic mass is 19.1. The normalized spacial score (nSPS) is 11.2. The molecule has 0 unspecified atom stereocenters. The molecule has 5 heteroatoms. The van der Waals surface area contributed by atoms with Crippen LogP contribution in [-0.4, -0.2) is 25.0 Å². The number of rotatable bonds is 4. The summed E-state index contributed by atoms with van der Waals surface area (Å²) in [7, 11) is 1.36. The van der Waals surface area contributed by atoms with E-state index < -0.39 is 18.3 Å². The van der Waals surface area contributed by atoms with E-state index in [-0.39, 0.29) is 5.47 Å². The van der Waals surface area contributed by atoms with Crippen LogP contribution in [0.5, 0.6) is 0 Å². The van der Waals surface area contributed by atoms with Gasteiger partial charge in [0.05, 0.1) is 13.2 Å². The van der Waals surface area contributed by atoms with Gasteiger partial charge in [0.15, 0.2) is 7.28 Å². The number of nitrogens with zero attached hydrogens (tertiary/aromatic N) is 1. The lowest BCUT2D eigenvalue weighted by atomic mass is 9.63. The number of hydrogen-bond donors (Lipinski definition) is 1. The largest absolute Gasteiger partial charge is 0.486 e. The zero-order chi connectivity index (χ0) is 12.0. The molecule has 0 aliphatic heterocycles. The van der Waals surface area contributed by atoms with Gasteiger partial charge in [-0.15, -0.1) is 0 Å². The Morgan fingerprint density at radius 1 is 1.44 bits per heavy atom. The van der Waals surface area contributed by atoms with Gasteiger partial charge >= 0.3 is 5.97 Å². The van der Waals surface area contributed by atoms with Crippen molar-refractivity contribution in [1.82, 2.24) is 0 Å². The fourth-order valence-corrected chi connectivity index (χ4v) is 1.18. The number of aliphatic carboxylic acids is 1. The first-order chi connectivity index (χ1) is 7.69. The van der Waals surface area contributed by atoms with Gasteiger partial charge in [-0.25, -0.2) is 9.24 Å². The number of allylic oxidation sites excluding steroid dienone is 1. The molecule has 1 aromatic rings. The molecule has 1 aromatic carbocycles. The predicted octanol–water partition coefficient (Wildman–Crippen LogP) is 1.20. The highest BCUT2D eigenvalue weighted by Gasteiger charge is 2.15. The monoisotopic (exact) mass is 216 g/mol. The van der Waals surface area contributed by atoms with E-state index in [1.807, 2.05) is 0 Å². The van der Waals surface area contributed by atoms with E-state index in [1.54, 1.807) is 30.3 Å². The molecule has 0 bridgehead atoms. The van der Waals surface area contributed by atoms with Gasteiger partial charge in [-0.05, 0) is 0 Å². The second-order valence-corrected chi connectivity index (χ2v) is 2.98. The number of carboxylic acids is 1. The first-order valence-corrected chi connectivity index (χ1v) is 4.48. The van der Waals surface area contributed by atoms with Gasteiger partial charge < -0.3 is 5.11 Å². The van der Waals surface area contributed by atoms with Crippen molar-refractivity contribution in [2.75, 3.05) is 6.67 Å². The predicted molar refractivity (Wildman–Crippen MR) is 59.1 cm³/mol.